The number of hydrogen-bond acceptors (Lipinski definition) is 2. The second-order valence-corrected chi connectivity index (χ2v) is 11.7. The Kier molecular flexibility index (Phi) is 17.4. The number of benzene rings is 3. The van der Waals surface area contributed by atoms with Crippen LogP contribution in [-0.4, -0.2) is 44.9 Å². The van der Waals surface area contributed by atoms with Crippen molar-refractivity contribution in [3.63, 3.8) is 0 Å². The molecule has 0 aliphatic heterocycles. The van der Waals surface area contributed by atoms with Crippen molar-refractivity contribution in [2.24, 2.45) is 0 Å². The lowest BCUT2D eigenvalue weighted by atomic mass is 10.1. The second kappa shape index (κ2) is 20.8. The van der Waals surface area contributed by atoms with Gasteiger partial charge in [0.25, 0.3) is 0 Å². The molecule has 232 valence electrons. The fraction of sp³-hybridized carbons (Fsp3) is 0.385. The van der Waals surface area contributed by atoms with Gasteiger partial charge in [-0.1, -0.05) is 105 Å². The summed E-state index contributed by atoms with van der Waals surface area (Å²) in [5, 5.41) is 0. The third-order valence-electron chi connectivity index (χ3n) is 7.74. The summed E-state index contributed by atoms with van der Waals surface area (Å²) in [6.07, 6.45) is 20.4. The van der Waals surface area contributed by atoms with Crippen molar-refractivity contribution in [1.82, 2.24) is 0 Å². The van der Waals surface area contributed by atoms with Crippen molar-refractivity contribution >= 4 is 24.3 Å². The first-order chi connectivity index (χ1) is 20.5. The fourth-order valence-electron chi connectivity index (χ4n) is 4.58. The number of allylic oxidation sites excluding steroid dienone is 1. The Balaban J connectivity index is 0.00000645. The SMILES string of the molecule is C=CCCCCCCCCOc1ccc(/C=C/c2ccc(/C=C/c3ccc(OCCC[N+](C)(C)CC)cc3)cc2)cc1.[Br-]. The summed E-state index contributed by atoms with van der Waals surface area (Å²) in [6.45, 7) is 9.83. The van der Waals surface area contributed by atoms with Crippen molar-refractivity contribution in [1.29, 1.82) is 0 Å². The van der Waals surface area contributed by atoms with Crippen LogP contribution in [0.2, 0.25) is 0 Å². The van der Waals surface area contributed by atoms with Gasteiger partial charge in [0.05, 0.1) is 40.4 Å². The maximum atomic E-state index is 5.93. The van der Waals surface area contributed by atoms with Crippen LogP contribution in [0, 0.1) is 0 Å². The smallest absolute Gasteiger partial charge is 0.119 e. The van der Waals surface area contributed by atoms with Gasteiger partial charge in [0.1, 0.15) is 11.5 Å². The molecule has 3 rings (SSSR count). The van der Waals surface area contributed by atoms with E-state index in [1.807, 2.05) is 6.08 Å². The molecule has 0 amide bonds. The van der Waals surface area contributed by atoms with Crippen LogP contribution in [0.3, 0.4) is 0 Å². The van der Waals surface area contributed by atoms with Crippen LogP contribution in [0.5, 0.6) is 11.5 Å². The number of quaternary nitrogens is 1. The van der Waals surface area contributed by atoms with Crippen molar-refractivity contribution in [2.45, 2.75) is 58.3 Å². The lowest BCUT2D eigenvalue weighted by Gasteiger charge is -2.28. The van der Waals surface area contributed by atoms with Gasteiger partial charge in [0.2, 0.25) is 0 Å². The van der Waals surface area contributed by atoms with E-state index in [0.29, 0.717) is 0 Å². The Morgan fingerprint density at radius 1 is 0.558 bits per heavy atom. The lowest BCUT2D eigenvalue weighted by molar-refractivity contribution is -0.888. The van der Waals surface area contributed by atoms with Gasteiger partial charge in [-0.25, -0.2) is 0 Å². The molecule has 3 aromatic carbocycles. The van der Waals surface area contributed by atoms with Crippen LogP contribution < -0.4 is 26.5 Å². The molecule has 0 bridgehead atoms. The zero-order valence-electron chi connectivity index (χ0n) is 26.6. The van der Waals surface area contributed by atoms with E-state index in [4.69, 9.17) is 9.47 Å². The number of hydrogen-bond donors (Lipinski definition) is 0. The van der Waals surface area contributed by atoms with Gasteiger partial charge in [-0.05, 0) is 72.7 Å². The summed E-state index contributed by atoms with van der Waals surface area (Å²) < 4.78 is 12.9. The summed E-state index contributed by atoms with van der Waals surface area (Å²) >= 11 is 0. The number of rotatable bonds is 20. The number of nitrogens with zero attached hydrogens (tertiary/aromatic N) is 1. The van der Waals surface area contributed by atoms with Crippen molar-refractivity contribution in [3.8, 4) is 11.5 Å². The average Bonchev–Trinajstić information content (AvgIpc) is 3.02. The molecular formula is C39H52BrNO2. The first kappa shape index (κ1) is 36.1. The Morgan fingerprint density at radius 3 is 1.35 bits per heavy atom. The van der Waals surface area contributed by atoms with Crippen LogP contribution in [0.15, 0.2) is 85.5 Å². The zero-order chi connectivity index (χ0) is 29.9. The van der Waals surface area contributed by atoms with Gasteiger partial charge in [0.15, 0.2) is 0 Å². The zero-order valence-corrected chi connectivity index (χ0v) is 28.2. The predicted molar refractivity (Wildman–Crippen MR) is 183 cm³/mol. The minimum Gasteiger partial charge on any atom is -1.00 e. The molecule has 0 unspecified atom stereocenters. The van der Waals surface area contributed by atoms with E-state index < -0.39 is 0 Å². The van der Waals surface area contributed by atoms with E-state index in [1.54, 1.807) is 0 Å². The number of ether oxygens (including phenoxy) is 2. The predicted octanol–water partition coefficient (Wildman–Crippen LogP) is 7.19. The topological polar surface area (TPSA) is 18.5 Å². The highest BCUT2D eigenvalue weighted by molar-refractivity contribution is 5.73. The first-order valence-electron chi connectivity index (χ1n) is 15.8. The quantitative estimate of drug-likeness (QED) is 0.0560. The van der Waals surface area contributed by atoms with E-state index in [2.05, 4.69) is 125 Å². The average molecular weight is 647 g/mol. The summed E-state index contributed by atoms with van der Waals surface area (Å²) in [5.74, 6) is 1.88. The lowest BCUT2D eigenvalue weighted by Crippen LogP contribution is -3.00. The standard InChI is InChI=1S/C39H52NO2.BrH/c1-5-7-8-9-10-11-12-13-32-41-38-27-23-36(24-28-38)21-19-34-15-17-35(18-16-34)20-22-37-25-29-39(30-26-37)42-33-14-31-40(3,4)6-2;/h5,15-30H,1,6-14,31-33H2,2-4H3;1H/q+1;/p-1/b21-19+,22-20+;. The van der Waals surface area contributed by atoms with Crippen LogP contribution in [-0.2, 0) is 0 Å². The minimum atomic E-state index is 0. The molecule has 0 atom stereocenters. The van der Waals surface area contributed by atoms with E-state index in [0.717, 1.165) is 67.1 Å². The van der Waals surface area contributed by atoms with Crippen LogP contribution in [0.4, 0.5) is 0 Å². The monoisotopic (exact) mass is 645 g/mol. The van der Waals surface area contributed by atoms with E-state index >= 15 is 0 Å². The summed E-state index contributed by atoms with van der Waals surface area (Å²) in [4.78, 5) is 0. The van der Waals surface area contributed by atoms with Gasteiger partial charge in [-0.15, -0.1) is 6.58 Å². The second-order valence-electron chi connectivity index (χ2n) is 11.7. The van der Waals surface area contributed by atoms with Gasteiger partial charge in [-0.3, -0.25) is 0 Å². The maximum Gasteiger partial charge on any atom is 0.119 e. The Bertz CT molecular complexity index is 1210. The normalized spacial score (nSPS) is 11.5. The van der Waals surface area contributed by atoms with Crippen LogP contribution >= 0.6 is 0 Å². The molecule has 0 radical (unpaired) electrons. The van der Waals surface area contributed by atoms with E-state index in [9.17, 15) is 0 Å². The van der Waals surface area contributed by atoms with E-state index in [1.165, 1.54) is 48.8 Å². The van der Waals surface area contributed by atoms with Crippen molar-refractivity contribution in [3.05, 3.63) is 108 Å². The van der Waals surface area contributed by atoms with Crippen LogP contribution in [0.1, 0.15) is 80.5 Å². The third kappa shape index (κ3) is 15.3. The number of halogens is 1. The highest BCUT2D eigenvalue weighted by Gasteiger charge is 2.10. The van der Waals surface area contributed by atoms with Gasteiger partial charge in [-0.2, -0.15) is 0 Å². The van der Waals surface area contributed by atoms with Crippen LogP contribution in [0.25, 0.3) is 24.3 Å². The molecule has 43 heavy (non-hydrogen) atoms. The van der Waals surface area contributed by atoms with E-state index in [-0.39, 0.29) is 17.0 Å². The molecule has 0 heterocycles. The molecule has 0 N–H and O–H groups in total. The van der Waals surface area contributed by atoms with Gasteiger partial charge in [0, 0.05) is 6.42 Å². The molecule has 0 fully saturated rings. The van der Waals surface area contributed by atoms with Crippen molar-refractivity contribution in [2.75, 3.05) is 40.4 Å². The molecule has 3 nitrogen and oxygen atoms in total. The molecule has 3 aromatic rings. The Labute approximate surface area is 272 Å². The summed E-state index contributed by atoms with van der Waals surface area (Å²) in [7, 11) is 4.52. The summed E-state index contributed by atoms with van der Waals surface area (Å²) in [5.41, 5.74) is 4.69. The molecule has 0 saturated heterocycles. The molecule has 0 aliphatic rings. The molecule has 0 spiro atoms. The fourth-order valence-corrected chi connectivity index (χ4v) is 4.58. The minimum absolute atomic E-state index is 0. The van der Waals surface area contributed by atoms with Gasteiger partial charge >= 0.3 is 0 Å². The maximum absolute atomic E-state index is 5.93. The molecule has 0 aliphatic carbocycles. The van der Waals surface area contributed by atoms with Gasteiger partial charge < -0.3 is 30.9 Å². The molecule has 0 saturated carbocycles. The molecule has 0 aromatic heterocycles. The number of unbranched alkanes of at least 4 members (excludes halogenated alkanes) is 6. The highest BCUT2D eigenvalue weighted by atomic mass is 79.9. The molecular weight excluding hydrogens is 594 g/mol. The Hall–Kier alpha value is -3.08. The van der Waals surface area contributed by atoms with Crippen molar-refractivity contribution < 1.29 is 30.9 Å². The largest absolute Gasteiger partial charge is 1.00 e. The Morgan fingerprint density at radius 2 is 0.930 bits per heavy atom. The summed E-state index contributed by atoms with van der Waals surface area (Å²) in [6, 6.07) is 25.3. The third-order valence-corrected chi connectivity index (χ3v) is 7.74. The molecule has 4 heteroatoms. The first-order valence-corrected chi connectivity index (χ1v) is 15.8. The highest BCUT2D eigenvalue weighted by Crippen LogP contribution is 2.18.